The Kier molecular flexibility index (Phi) is 11.2. The number of aromatic nitrogens is 2. The van der Waals surface area contributed by atoms with Crippen LogP contribution in [-0.4, -0.2) is 57.6 Å². The largest absolute Gasteiger partial charge is 0.494 e. The first-order valence-electron chi connectivity index (χ1n) is 13.0. The fraction of sp³-hybridized carbons (Fsp3) is 0.393. The zero-order chi connectivity index (χ0) is 31.9. The van der Waals surface area contributed by atoms with Gasteiger partial charge in [0.25, 0.3) is 0 Å². The van der Waals surface area contributed by atoms with Gasteiger partial charge in [-0.25, -0.2) is 32.1 Å². The molecular weight excluding hydrogens is 613 g/mol. The number of unbranched alkanes of at least 4 members (excludes halogenated alkanes) is 1. The molecular formula is C28H32ClF3N4O6S. The Morgan fingerprint density at radius 2 is 1.77 bits per heavy atom. The lowest BCUT2D eigenvalue weighted by Crippen LogP contribution is -2.22. The molecule has 0 aliphatic carbocycles. The Bertz CT molecular complexity index is 1590. The summed E-state index contributed by atoms with van der Waals surface area (Å²) in [6, 6.07) is 6.70. The second-order valence-electron chi connectivity index (χ2n) is 10.5. The molecule has 1 N–H and O–H groups in total. The van der Waals surface area contributed by atoms with Crippen LogP contribution in [0.25, 0.3) is 11.3 Å². The highest BCUT2D eigenvalue weighted by atomic mass is 35.5. The van der Waals surface area contributed by atoms with Crippen LogP contribution in [0.15, 0.2) is 40.9 Å². The molecule has 234 valence electrons. The average molecular weight is 645 g/mol. The summed E-state index contributed by atoms with van der Waals surface area (Å²) in [7, 11) is -1.63. The highest BCUT2D eigenvalue weighted by molar-refractivity contribution is 7.92. The van der Waals surface area contributed by atoms with E-state index in [4.69, 9.17) is 25.8 Å². The standard InChI is InChI=1S/C28H32ClF3N4O6S/c1-28(2,3)42-27(37)35-43(5,39)16-17-12-18(36(4)38)14-19(13-17)40-10-6-7-11-41-25-21(30)9-8-20(23(25)32)24-22(31)15-33-26(29)34-24/h8-9,12-15,38H,6-7,10-11,16H2,1-5H3. The number of anilines is 1. The molecule has 0 saturated carbocycles. The minimum Gasteiger partial charge on any atom is -0.494 e. The van der Waals surface area contributed by atoms with Crippen LogP contribution in [0.3, 0.4) is 0 Å². The van der Waals surface area contributed by atoms with Crippen molar-refractivity contribution in [1.82, 2.24) is 9.97 Å². The SMILES string of the molecule is CN(O)c1cc(CS(C)(=O)=NC(=O)OC(C)(C)C)cc(OCCCCOc2c(F)ccc(-c3nc(Cl)ncc3F)c2F)c1. The van der Waals surface area contributed by atoms with Crippen LogP contribution in [0.1, 0.15) is 39.2 Å². The lowest BCUT2D eigenvalue weighted by atomic mass is 10.1. The molecule has 0 radical (unpaired) electrons. The smallest absolute Gasteiger partial charge is 0.442 e. The molecule has 2 aromatic carbocycles. The van der Waals surface area contributed by atoms with Crippen LogP contribution in [0.4, 0.5) is 23.7 Å². The predicted octanol–water partition coefficient (Wildman–Crippen LogP) is 6.81. The van der Waals surface area contributed by atoms with Gasteiger partial charge >= 0.3 is 6.09 Å². The fourth-order valence-electron chi connectivity index (χ4n) is 3.73. The maximum Gasteiger partial charge on any atom is 0.442 e. The summed E-state index contributed by atoms with van der Waals surface area (Å²) < 4.78 is 76.3. The topological polar surface area (TPSA) is 123 Å². The van der Waals surface area contributed by atoms with E-state index in [1.165, 1.54) is 13.3 Å². The maximum absolute atomic E-state index is 15.0. The van der Waals surface area contributed by atoms with Gasteiger partial charge in [-0.15, -0.1) is 4.36 Å². The number of hydrogen-bond acceptors (Lipinski definition) is 9. The van der Waals surface area contributed by atoms with E-state index in [0.717, 1.165) is 23.4 Å². The Balaban J connectivity index is 1.61. The van der Waals surface area contributed by atoms with Gasteiger partial charge in [0.15, 0.2) is 23.2 Å². The highest BCUT2D eigenvalue weighted by Gasteiger charge is 2.21. The normalized spacial score (nSPS) is 12.8. The van der Waals surface area contributed by atoms with Crippen LogP contribution in [0.2, 0.25) is 5.28 Å². The molecule has 0 bridgehead atoms. The Morgan fingerprint density at radius 3 is 2.42 bits per heavy atom. The van der Waals surface area contributed by atoms with Crippen LogP contribution >= 0.6 is 11.6 Å². The van der Waals surface area contributed by atoms with E-state index < -0.39 is 50.3 Å². The summed E-state index contributed by atoms with van der Waals surface area (Å²) in [6.07, 6.45) is 1.91. The summed E-state index contributed by atoms with van der Waals surface area (Å²) in [5, 5.41) is 10.5. The predicted molar refractivity (Wildman–Crippen MR) is 156 cm³/mol. The first kappa shape index (κ1) is 33.9. The molecule has 15 heteroatoms. The van der Waals surface area contributed by atoms with Crippen molar-refractivity contribution < 1.29 is 41.6 Å². The fourth-order valence-corrected chi connectivity index (χ4v) is 5.06. The van der Waals surface area contributed by atoms with Gasteiger partial charge in [0.1, 0.15) is 17.0 Å². The minimum absolute atomic E-state index is 0.0810. The van der Waals surface area contributed by atoms with Crippen LogP contribution in [0.5, 0.6) is 11.5 Å². The van der Waals surface area contributed by atoms with Crippen LogP contribution < -0.4 is 14.5 Å². The number of carbonyl (C=O) groups excluding carboxylic acids is 1. The van der Waals surface area contributed by atoms with Gasteiger partial charge < -0.3 is 14.2 Å². The van der Waals surface area contributed by atoms with Crippen molar-refractivity contribution in [3.8, 4) is 22.8 Å². The molecule has 43 heavy (non-hydrogen) atoms. The van der Waals surface area contributed by atoms with Gasteiger partial charge in [0.05, 0.1) is 40.6 Å². The molecule has 0 saturated heterocycles. The molecule has 1 amide bonds. The quantitative estimate of drug-likeness (QED) is 0.136. The van der Waals surface area contributed by atoms with E-state index >= 15 is 0 Å². The van der Waals surface area contributed by atoms with E-state index in [0.29, 0.717) is 29.8 Å². The summed E-state index contributed by atoms with van der Waals surface area (Å²) in [5.74, 6) is -3.49. The zero-order valence-corrected chi connectivity index (χ0v) is 25.8. The molecule has 0 aliphatic heterocycles. The van der Waals surface area contributed by atoms with Gasteiger partial charge in [-0.3, -0.25) is 10.3 Å². The molecule has 1 aromatic heterocycles. The summed E-state index contributed by atoms with van der Waals surface area (Å²) >= 11 is 5.69. The van der Waals surface area contributed by atoms with Gasteiger partial charge in [0, 0.05) is 24.9 Å². The van der Waals surface area contributed by atoms with Gasteiger partial charge in [0.2, 0.25) is 5.28 Å². The number of hydroxylamine groups is 1. The summed E-state index contributed by atoms with van der Waals surface area (Å²) in [6.45, 7) is 5.10. The zero-order valence-electron chi connectivity index (χ0n) is 24.2. The van der Waals surface area contributed by atoms with Gasteiger partial charge in [-0.05, 0) is 75.0 Å². The summed E-state index contributed by atoms with van der Waals surface area (Å²) in [4.78, 5) is 19.2. The lowest BCUT2D eigenvalue weighted by molar-refractivity contribution is 0.0607. The van der Waals surface area contributed by atoms with Crippen molar-refractivity contribution in [3.63, 3.8) is 0 Å². The number of benzene rings is 2. The Labute approximate surface area is 252 Å². The van der Waals surface area contributed by atoms with Crippen molar-refractivity contribution in [2.24, 2.45) is 4.36 Å². The second-order valence-corrected chi connectivity index (χ2v) is 13.2. The van der Waals surface area contributed by atoms with Crippen LogP contribution in [0, 0.1) is 17.5 Å². The lowest BCUT2D eigenvalue weighted by Gasteiger charge is -2.18. The molecule has 0 fully saturated rings. The van der Waals surface area contributed by atoms with Gasteiger partial charge in [-0.2, -0.15) is 0 Å². The number of carbonyl (C=O) groups is 1. The number of halogens is 4. The molecule has 1 unspecified atom stereocenters. The first-order chi connectivity index (χ1) is 20.0. The second kappa shape index (κ2) is 14.2. The third-order valence-electron chi connectivity index (χ3n) is 5.49. The van der Waals surface area contributed by atoms with Crippen molar-refractivity contribution in [1.29, 1.82) is 0 Å². The Hall–Kier alpha value is -3.62. The molecule has 1 atom stereocenters. The van der Waals surface area contributed by atoms with Crippen molar-refractivity contribution in [2.75, 3.05) is 31.6 Å². The molecule has 0 spiro atoms. The van der Waals surface area contributed by atoms with Crippen molar-refractivity contribution in [3.05, 3.63) is 64.8 Å². The van der Waals surface area contributed by atoms with E-state index in [1.807, 2.05) is 0 Å². The average Bonchev–Trinajstić information content (AvgIpc) is 2.87. The third kappa shape index (κ3) is 10.3. The van der Waals surface area contributed by atoms with Crippen molar-refractivity contribution in [2.45, 2.75) is 45.0 Å². The highest BCUT2D eigenvalue weighted by Crippen LogP contribution is 2.32. The molecule has 0 aliphatic rings. The number of ether oxygens (including phenoxy) is 3. The minimum atomic E-state index is -3.02. The molecule has 10 nitrogen and oxygen atoms in total. The van der Waals surface area contributed by atoms with E-state index in [-0.39, 0.29) is 29.8 Å². The number of rotatable bonds is 11. The molecule has 3 aromatic rings. The Morgan fingerprint density at radius 1 is 1.09 bits per heavy atom. The van der Waals surface area contributed by atoms with E-state index in [9.17, 15) is 27.4 Å². The van der Waals surface area contributed by atoms with Crippen molar-refractivity contribution >= 4 is 33.1 Å². The summed E-state index contributed by atoms with van der Waals surface area (Å²) in [5.41, 5.74) is -0.719. The first-order valence-corrected chi connectivity index (χ1v) is 15.4. The monoisotopic (exact) mass is 644 g/mol. The number of nitrogens with zero attached hydrogens (tertiary/aromatic N) is 4. The van der Waals surface area contributed by atoms with Crippen LogP contribution in [-0.2, 0) is 20.2 Å². The third-order valence-corrected chi connectivity index (χ3v) is 7.08. The number of hydrogen-bond donors (Lipinski definition) is 1. The van der Waals surface area contributed by atoms with Gasteiger partial charge in [-0.1, -0.05) is 0 Å². The molecule has 3 rings (SSSR count). The van der Waals surface area contributed by atoms with E-state index in [1.54, 1.807) is 39.0 Å². The van der Waals surface area contributed by atoms with E-state index in [2.05, 4.69) is 14.3 Å². The maximum atomic E-state index is 15.0. The number of amides is 1. The molecule has 1 heterocycles.